The van der Waals surface area contributed by atoms with E-state index in [9.17, 15) is 0 Å². The highest BCUT2D eigenvalue weighted by atomic mass is 32.1. The van der Waals surface area contributed by atoms with Crippen LogP contribution in [0.1, 0.15) is 17.9 Å². The summed E-state index contributed by atoms with van der Waals surface area (Å²) >= 11 is 1.58. The van der Waals surface area contributed by atoms with Gasteiger partial charge in [0, 0.05) is 20.3 Å². The van der Waals surface area contributed by atoms with Crippen molar-refractivity contribution in [1.29, 1.82) is 0 Å². The molecule has 12 heavy (non-hydrogen) atoms. The van der Waals surface area contributed by atoms with Crippen molar-refractivity contribution in [3.05, 3.63) is 11.1 Å². The molecular weight excluding hydrogens is 174 g/mol. The number of rotatable bonds is 3. The molecule has 1 unspecified atom stereocenters. The van der Waals surface area contributed by atoms with Crippen molar-refractivity contribution in [1.82, 2.24) is 4.98 Å². The maximum atomic E-state index is 5.05. The normalized spacial score (nSPS) is 13.0. The zero-order valence-electron chi connectivity index (χ0n) is 7.44. The molecule has 0 radical (unpaired) electrons. The number of nitrogens with two attached hydrogens (primary N) is 1. The second kappa shape index (κ2) is 3.84. The van der Waals surface area contributed by atoms with E-state index < -0.39 is 0 Å². The summed E-state index contributed by atoms with van der Waals surface area (Å²) < 4.78 is 0. The Balaban J connectivity index is 2.77. The molecule has 0 aliphatic carbocycles. The van der Waals surface area contributed by atoms with Crippen molar-refractivity contribution in [2.75, 3.05) is 19.0 Å². The minimum absolute atomic E-state index is 0.0730. The molecule has 0 aliphatic rings. The van der Waals surface area contributed by atoms with Gasteiger partial charge in [0.1, 0.15) is 6.10 Å². The van der Waals surface area contributed by atoms with Crippen molar-refractivity contribution in [3.8, 4) is 0 Å². The summed E-state index contributed by atoms with van der Waals surface area (Å²) in [5, 5.41) is 0.967. The Bertz CT molecular complexity index is 249. The molecular formula is C7H13N3OS. The molecule has 5 heteroatoms. The molecule has 0 aromatic carbocycles. The number of nitrogens with zero attached hydrogens (tertiary/aromatic N) is 2. The molecule has 0 bridgehead atoms. The van der Waals surface area contributed by atoms with Crippen molar-refractivity contribution < 1.29 is 4.84 Å². The van der Waals surface area contributed by atoms with Gasteiger partial charge in [-0.05, 0) is 6.92 Å². The molecule has 68 valence electrons. The Kier molecular flexibility index (Phi) is 3.02. The molecule has 0 amide bonds. The standard InChI is InChI=1S/C7H13N3OS/c1-5(11-8)6-4-9-7(12-6)10(2)3/h4-5H,8H2,1-3H3. The maximum absolute atomic E-state index is 5.05. The minimum Gasteiger partial charge on any atom is -0.354 e. The van der Waals surface area contributed by atoms with Gasteiger partial charge in [-0.25, -0.2) is 10.9 Å². The van der Waals surface area contributed by atoms with Crippen molar-refractivity contribution in [2.45, 2.75) is 13.0 Å². The van der Waals surface area contributed by atoms with E-state index in [1.807, 2.05) is 25.9 Å². The van der Waals surface area contributed by atoms with Gasteiger partial charge in [0.25, 0.3) is 0 Å². The predicted octanol–water partition coefficient (Wildman–Crippen LogP) is 1.16. The number of hydrogen-bond acceptors (Lipinski definition) is 5. The fourth-order valence-corrected chi connectivity index (χ4v) is 1.56. The summed E-state index contributed by atoms with van der Waals surface area (Å²) in [4.78, 5) is 11.9. The molecule has 1 aromatic heterocycles. The summed E-state index contributed by atoms with van der Waals surface area (Å²) in [5.41, 5.74) is 0. The predicted molar refractivity (Wildman–Crippen MR) is 50.1 cm³/mol. The van der Waals surface area contributed by atoms with Crippen molar-refractivity contribution >= 4 is 16.5 Å². The maximum Gasteiger partial charge on any atom is 0.185 e. The van der Waals surface area contributed by atoms with E-state index in [1.165, 1.54) is 0 Å². The molecule has 1 atom stereocenters. The summed E-state index contributed by atoms with van der Waals surface area (Å²) in [7, 11) is 3.91. The Morgan fingerprint density at radius 2 is 2.33 bits per heavy atom. The molecule has 0 spiro atoms. The van der Waals surface area contributed by atoms with Crippen LogP contribution in [-0.4, -0.2) is 19.1 Å². The summed E-state index contributed by atoms with van der Waals surface area (Å²) in [5.74, 6) is 5.05. The van der Waals surface area contributed by atoms with Crippen LogP contribution in [0.15, 0.2) is 6.20 Å². The molecule has 4 nitrogen and oxygen atoms in total. The average molecular weight is 187 g/mol. The lowest BCUT2D eigenvalue weighted by molar-refractivity contribution is 0.0687. The monoisotopic (exact) mass is 187 g/mol. The third-order valence-corrected chi connectivity index (χ3v) is 2.82. The van der Waals surface area contributed by atoms with Crippen LogP contribution in [0.3, 0.4) is 0 Å². The van der Waals surface area contributed by atoms with Gasteiger partial charge in [-0.15, -0.1) is 0 Å². The molecule has 0 fully saturated rings. The van der Waals surface area contributed by atoms with Gasteiger partial charge in [-0.1, -0.05) is 11.3 Å². The molecule has 1 rings (SSSR count). The quantitative estimate of drug-likeness (QED) is 0.721. The van der Waals surface area contributed by atoms with Gasteiger partial charge in [-0.2, -0.15) is 0 Å². The van der Waals surface area contributed by atoms with Gasteiger partial charge in [-0.3, -0.25) is 4.84 Å². The zero-order chi connectivity index (χ0) is 9.14. The topological polar surface area (TPSA) is 51.4 Å². The number of anilines is 1. The van der Waals surface area contributed by atoms with Crippen LogP contribution in [0.5, 0.6) is 0 Å². The second-order valence-corrected chi connectivity index (χ2v) is 3.76. The van der Waals surface area contributed by atoms with E-state index in [-0.39, 0.29) is 6.10 Å². The first-order valence-electron chi connectivity index (χ1n) is 3.63. The van der Waals surface area contributed by atoms with Crippen molar-refractivity contribution in [3.63, 3.8) is 0 Å². The van der Waals surface area contributed by atoms with Crippen LogP contribution in [0.2, 0.25) is 0 Å². The fourth-order valence-electron chi connectivity index (χ4n) is 0.739. The minimum atomic E-state index is -0.0730. The number of thiazole rings is 1. The SMILES string of the molecule is CC(ON)c1cnc(N(C)C)s1. The number of aromatic nitrogens is 1. The van der Waals surface area contributed by atoms with E-state index in [4.69, 9.17) is 5.90 Å². The summed E-state index contributed by atoms with van der Waals surface area (Å²) in [6, 6.07) is 0. The first-order valence-corrected chi connectivity index (χ1v) is 4.45. The Hall–Kier alpha value is -0.650. The molecule has 1 aromatic rings. The molecule has 1 heterocycles. The molecule has 2 N–H and O–H groups in total. The third kappa shape index (κ3) is 1.94. The van der Waals surface area contributed by atoms with Gasteiger partial charge in [0.05, 0.1) is 4.88 Å². The van der Waals surface area contributed by atoms with E-state index in [2.05, 4.69) is 9.82 Å². The van der Waals surface area contributed by atoms with E-state index in [0.717, 1.165) is 10.0 Å². The van der Waals surface area contributed by atoms with Crippen LogP contribution in [0.25, 0.3) is 0 Å². The zero-order valence-corrected chi connectivity index (χ0v) is 8.26. The Labute approximate surface area is 75.9 Å². The highest BCUT2D eigenvalue weighted by Crippen LogP contribution is 2.26. The Morgan fingerprint density at radius 3 is 2.75 bits per heavy atom. The largest absolute Gasteiger partial charge is 0.354 e. The van der Waals surface area contributed by atoms with Crippen LogP contribution >= 0.6 is 11.3 Å². The lowest BCUT2D eigenvalue weighted by Crippen LogP contribution is -2.07. The van der Waals surface area contributed by atoms with Gasteiger partial charge in [0.15, 0.2) is 5.13 Å². The smallest absolute Gasteiger partial charge is 0.185 e. The lowest BCUT2D eigenvalue weighted by Gasteiger charge is -2.06. The molecule has 0 saturated carbocycles. The van der Waals surface area contributed by atoms with Gasteiger partial charge >= 0.3 is 0 Å². The average Bonchev–Trinajstić information content (AvgIpc) is 2.51. The fraction of sp³-hybridized carbons (Fsp3) is 0.571. The first kappa shape index (κ1) is 9.44. The van der Waals surface area contributed by atoms with Crippen LogP contribution in [-0.2, 0) is 4.84 Å². The van der Waals surface area contributed by atoms with Gasteiger partial charge < -0.3 is 4.90 Å². The third-order valence-electron chi connectivity index (χ3n) is 1.50. The number of hydrogen-bond donors (Lipinski definition) is 1. The van der Waals surface area contributed by atoms with E-state index in [0.29, 0.717) is 0 Å². The summed E-state index contributed by atoms with van der Waals surface area (Å²) in [6.07, 6.45) is 1.72. The first-order chi connectivity index (χ1) is 5.65. The van der Waals surface area contributed by atoms with E-state index in [1.54, 1.807) is 17.5 Å². The highest BCUT2D eigenvalue weighted by molar-refractivity contribution is 7.15. The van der Waals surface area contributed by atoms with Gasteiger partial charge in [0.2, 0.25) is 0 Å². The Morgan fingerprint density at radius 1 is 1.67 bits per heavy atom. The second-order valence-electron chi connectivity index (χ2n) is 2.72. The van der Waals surface area contributed by atoms with E-state index >= 15 is 0 Å². The van der Waals surface area contributed by atoms with Crippen molar-refractivity contribution in [2.24, 2.45) is 5.90 Å². The molecule has 0 saturated heterocycles. The molecule has 0 aliphatic heterocycles. The lowest BCUT2D eigenvalue weighted by atomic mass is 10.4. The highest BCUT2D eigenvalue weighted by Gasteiger charge is 2.09. The van der Waals surface area contributed by atoms with Crippen LogP contribution in [0, 0.1) is 0 Å². The summed E-state index contributed by atoms with van der Waals surface area (Å²) in [6.45, 7) is 1.90. The van der Waals surface area contributed by atoms with Crippen LogP contribution in [0.4, 0.5) is 5.13 Å². The van der Waals surface area contributed by atoms with Crippen LogP contribution < -0.4 is 10.8 Å².